The molecule has 1 fully saturated rings. The van der Waals surface area contributed by atoms with Gasteiger partial charge in [0, 0.05) is 5.56 Å². The third-order valence-corrected chi connectivity index (χ3v) is 4.89. The van der Waals surface area contributed by atoms with E-state index in [2.05, 4.69) is 32.9 Å². The van der Waals surface area contributed by atoms with Crippen molar-refractivity contribution < 1.29 is 9.84 Å². The fourth-order valence-electron chi connectivity index (χ4n) is 3.64. The maximum absolute atomic E-state index is 10.5. The van der Waals surface area contributed by atoms with E-state index in [9.17, 15) is 5.11 Å². The van der Waals surface area contributed by atoms with Gasteiger partial charge in [0.2, 0.25) is 0 Å². The third kappa shape index (κ3) is 1.25. The van der Waals surface area contributed by atoms with Gasteiger partial charge >= 0.3 is 0 Å². The molecule has 0 unspecified atom stereocenters. The maximum atomic E-state index is 10.5. The minimum absolute atomic E-state index is 0.103. The lowest BCUT2D eigenvalue weighted by Crippen LogP contribution is -2.46. The van der Waals surface area contributed by atoms with Crippen LogP contribution in [-0.4, -0.2) is 17.8 Å². The van der Waals surface area contributed by atoms with Crippen LogP contribution in [0, 0.1) is 12.3 Å². The van der Waals surface area contributed by atoms with E-state index in [1.807, 2.05) is 6.07 Å². The average molecular weight is 232 g/mol. The van der Waals surface area contributed by atoms with Crippen molar-refractivity contribution >= 4 is 0 Å². The minimum Gasteiger partial charge on any atom is -0.492 e. The molecular formula is C15H20O2. The summed E-state index contributed by atoms with van der Waals surface area (Å²) in [5.74, 6) is 0.963. The predicted molar refractivity (Wildman–Crippen MR) is 67.4 cm³/mol. The summed E-state index contributed by atoms with van der Waals surface area (Å²) in [7, 11) is 0. The van der Waals surface area contributed by atoms with Crippen molar-refractivity contribution in [2.24, 2.45) is 5.41 Å². The number of hydrogen-bond acceptors (Lipinski definition) is 2. The van der Waals surface area contributed by atoms with E-state index in [1.165, 1.54) is 11.1 Å². The number of ether oxygens (including phenoxy) is 1. The topological polar surface area (TPSA) is 29.5 Å². The highest BCUT2D eigenvalue weighted by atomic mass is 16.5. The number of aryl methyl sites for hydroxylation is 1. The molecule has 0 amide bonds. The van der Waals surface area contributed by atoms with Crippen molar-refractivity contribution in [1.82, 2.24) is 0 Å². The van der Waals surface area contributed by atoms with Crippen molar-refractivity contribution in [1.29, 1.82) is 0 Å². The number of aliphatic hydroxyl groups is 1. The summed E-state index contributed by atoms with van der Waals surface area (Å²) in [6, 6.07) is 6.31. The Hall–Kier alpha value is -1.02. The van der Waals surface area contributed by atoms with Gasteiger partial charge in [-0.15, -0.1) is 0 Å². The summed E-state index contributed by atoms with van der Waals surface area (Å²) in [5.41, 5.74) is 2.36. The van der Waals surface area contributed by atoms with Crippen molar-refractivity contribution in [3.8, 4) is 5.75 Å². The molecule has 1 aromatic rings. The van der Waals surface area contributed by atoms with Crippen LogP contribution in [0.2, 0.25) is 0 Å². The molecule has 1 saturated carbocycles. The average Bonchev–Trinajstić information content (AvgIpc) is 2.75. The molecule has 1 spiro atoms. The molecule has 3 rings (SSSR count). The van der Waals surface area contributed by atoms with Crippen LogP contribution in [0.4, 0.5) is 0 Å². The zero-order valence-corrected chi connectivity index (χ0v) is 10.8. The third-order valence-electron chi connectivity index (χ3n) is 4.89. The fraction of sp³-hybridized carbons (Fsp3) is 0.600. The molecular weight excluding hydrogens is 212 g/mol. The summed E-state index contributed by atoms with van der Waals surface area (Å²) in [5, 5.41) is 10.5. The molecule has 2 atom stereocenters. The predicted octanol–water partition coefficient (Wildman–Crippen LogP) is 2.81. The summed E-state index contributed by atoms with van der Waals surface area (Å²) in [6.07, 6.45) is 1.66. The first-order chi connectivity index (χ1) is 7.97. The van der Waals surface area contributed by atoms with Gasteiger partial charge in [-0.2, -0.15) is 0 Å². The Bertz CT molecular complexity index is 464. The van der Waals surface area contributed by atoms with Gasteiger partial charge in [-0.1, -0.05) is 31.5 Å². The summed E-state index contributed by atoms with van der Waals surface area (Å²) in [6.45, 7) is 7.23. The van der Waals surface area contributed by atoms with Gasteiger partial charge in [0.15, 0.2) is 0 Å². The standard InChI is InChI=1S/C15H20O2/c1-10-4-5-12-11(8-10)15(9-17-12)13(16)6-7-14(15,2)3/h4-5,8,13,16H,6-7,9H2,1-3H3/t13-,15+/m1/s1. The van der Waals surface area contributed by atoms with Crippen LogP contribution < -0.4 is 4.74 Å². The van der Waals surface area contributed by atoms with Crippen LogP contribution >= 0.6 is 0 Å². The highest BCUT2D eigenvalue weighted by Crippen LogP contribution is 2.58. The van der Waals surface area contributed by atoms with E-state index >= 15 is 0 Å². The van der Waals surface area contributed by atoms with E-state index < -0.39 is 0 Å². The Morgan fingerprint density at radius 2 is 2.12 bits per heavy atom. The molecule has 1 aliphatic heterocycles. The van der Waals surface area contributed by atoms with E-state index in [4.69, 9.17) is 4.74 Å². The molecule has 0 radical (unpaired) electrons. The normalized spacial score (nSPS) is 33.8. The molecule has 1 aromatic carbocycles. The first-order valence-corrected chi connectivity index (χ1v) is 6.39. The lowest BCUT2D eigenvalue weighted by atomic mass is 9.64. The van der Waals surface area contributed by atoms with Crippen LogP contribution in [0.25, 0.3) is 0 Å². The Morgan fingerprint density at radius 1 is 1.35 bits per heavy atom. The van der Waals surface area contributed by atoms with Crippen LogP contribution in [0.5, 0.6) is 5.75 Å². The molecule has 0 bridgehead atoms. The fourth-order valence-corrected chi connectivity index (χ4v) is 3.64. The van der Waals surface area contributed by atoms with Gasteiger partial charge in [0.1, 0.15) is 12.4 Å². The first kappa shape index (κ1) is 11.1. The van der Waals surface area contributed by atoms with Crippen molar-refractivity contribution in [2.45, 2.75) is 45.1 Å². The number of aliphatic hydroxyl groups excluding tert-OH is 1. The van der Waals surface area contributed by atoms with E-state index in [1.54, 1.807) is 0 Å². The number of rotatable bonds is 0. The smallest absolute Gasteiger partial charge is 0.123 e. The zero-order chi connectivity index (χ0) is 12.3. The Morgan fingerprint density at radius 3 is 2.76 bits per heavy atom. The lowest BCUT2D eigenvalue weighted by Gasteiger charge is -2.39. The molecule has 2 nitrogen and oxygen atoms in total. The van der Waals surface area contributed by atoms with Crippen molar-refractivity contribution in [3.05, 3.63) is 29.3 Å². The zero-order valence-electron chi connectivity index (χ0n) is 10.8. The second kappa shape index (κ2) is 3.26. The molecule has 1 N–H and O–H groups in total. The minimum atomic E-state index is -0.277. The molecule has 17 heavy (non-hydrogen) atoms. The van der Waals surface area contributed by atoms with Gasteiger partial charge in [-0.05, 0) is 31.2 Å². The molecule has 1 aliphatic carbocycles. The van der Waals surface area contributed by atoms with Crippen LogP contribution in [0.15, 0.2) is 18.2 Å². The largest absolute Gasteiger partial charge is 0.492 e. The molecule has 1 heterocycles. The van der Waals surface area contributed by atoms with Crippen LogP contribution in [0.3, 0.4) is 0 Å². The van der Waals surface area contributed by atoms with E-state index in [-0.39, 0.29) is 16.9 Å². The summed E-state index contributed by atoms with van der Waals surface area (Å²) < 4.78 is 5.84. The Balaban J connectivity index is 2.21. The second-order valence-corrected chi connectivity index (χ2v) is 6.20. The molecule has 2 heteroatoms. The molecule has 0 saturated heterocycles. The second-order valence-electron chi connectivity index (χ2n) is 6.20. The van der Waals surface area contributed by atoms with Gasteiger partial charge in [0.05, 0.1) is 11.5 Å². The number of hydrogen-bond donors (Lipinski definition) is 1. The van der Waals surface area contributed by atoms with E-state index in [0.29, 0.717) is 6.61 Å². The molecule has 0 aromatic heterocycles. The summed E-state index contributed by atoms with van der Waals surface area (Å²) in [4.78, 5) is 0. The van der Waals surface area contributed by atoms with Gasteiger partial charge in [-0.25, -0.2) is 0 Å². The maximum Gasteiger partial charge on any atom is 0.123 e. The van der Waals surface area contributed by atoms with E-state index in [0.717, 1.165) is 18.6 Å². The quantitative estimate of drug-likeness (QED) is 0.745. The van der Waals surface area contributed by atoms with Crippen molar-refractivity contribution in [2.75, 3.05) is 6.61 Å². The lowest BCUT2D eigenvalue weighted by molar-refractivity contribution is 0.0403. The molecule has 92 valence electrons. The van der Waals surface area contributed by atoms with Crippen molar-refractivity contribution in [3.63, 3.8) is 0 Å². The van der Waals surface area contributed by atoms with Crippen LogP contribution in [-0.2, 0) is 5.41 Å². The Kier molecular flexibility index (Phi) is 2.13. The summed E-state index contributed by atoms with van der Waals surface area (Å²) >= 11 is 0. The van der Waals surface area contributed by atoms with Crippen LogP contribution in [0.1, 0.15) is 37.8 Å². The van der Waals surface area contributed by atoms with Gasteiger partial charge < -0.3 is 9.84 Å². The monoisotopic (exact) mass is 232 g/mol. The molecule has 2 aliphatic rings. The number of fused-ring (bicyclic) bond motifs is 2. The highest BCUT2D eigenvalue weighted by molar-refractivity contribution is 5.49. The Labute approximate surface area is 103 Å². The number of benzene rings is 1. The highest BCUT2D eigenvalue weighted by Gasteiger charge is 2.59. The first-order valence-electron chi connectivity index (χ1n) is 6.39. The SMILES string of the molecule is Cc1ccc2c(c1)[C@@]1(CO2)[C@H](O)CCC1(C)C. The van der Waals surface area contributed by atoms with Gasteiger partial charge in [-0.3, -0.25) is 0 Å². The van der Waals surface area contributed by atoms with Gasteiger partial charge in [0.25, 0.3) is 0 Å².